The first-order valence-corrected chi connectivity index (χ1v) is 4.75. The van der Waals surface area contributed by atoms with Crippen LogP contribution in [0.15, 0.2) is 12.7 Å². The van der Waals surface area contributed by atoms with E-state index in [1.165, 1.54) is 0 Å². The molecule has 0 aromatic carbocycles. The molecule has 2 atom stereocenters. The number of aliphatic hydroxyl groups is 1. The molecular formula is C11H20O. The average molecular weight is 168 g/mol. The fourth-order valence-corrected chi connectivity index (χ4v) is 2.19. The lowest BCUT2D eigenvalue weighted by Gasteiger charge is -2.37. The highest BCUT2D eigenvalue weighted by Crippen LogP contribution is 2.51. The van der Waals surface area contributed by atoms with Crippen LogP contribution in [0.2, 0.25) is 0 Å². The Balaban J connectivity index is 2.77. The number of hydrogen-bond donors (Lipinski definition) is 1. The van der Waals surface area contributed by atoms with Crippen LogP contribution in [0.5, 0.6) is 0 Å². The van der Waals surface area contributed by atoms with Gasteiger partial charge in [0.1, 0.15) is 0 Å². The van der Waals surface area contributed by atoms with Gasteiger partial charge in [-0.2, -0.15) is 0 Å². The third kappa shape index (κ3) is 1.31. The van der Waals surface area contributed by atoms with Crippen molar-refractivity contribution < 1.29 is 5.11 Å². The van der Waals surface area contributed by atoms with Crippen LogP contribution in [0, 0.1) is 11.3 Å². The van der Waals surface area contributed by atoms with Crippen LogP contribution in [0.1, 0.15) is 40.0 Å². The van der Waals surface area contributed by atoms with Gasteiger partial charge in [-0.05, 0) is 37.5 Å². The maximum atomic E-state index is 10.1. The SMILES string of the molecule is C=CC[C@@H]1CC[C@@](C)(O)C1(C)C. The molecule has 1 rings (SSSR count). The molecular weight excluding hydrogens is 148 g/mol. The molecule has 0 heterocycles. The highest BCUT2D eigenvalue weighted by atomic mass is 16.3. The van der Waals surface area contributed by atoms with Crippen LogP contribution in [0.3, 0.4) is 0 Å². The van der Waals surface area contributed by atoms with Gasteiger partial charge < -0.3 is 5.11 Å². The van der Waals surface area contributed by atoms with E-state index in [0.29, 0.717) is 5.92 Å². The molecule has 0 aromatic rings. The van der Waals surface area contributed by atoms with Crippen molar-refractivity contribution in [1.29, 1.82) is 0 Å². The summed E-state index contributed by atoms with van der Waals surface area (Å²) in [6.07, 6.45) is 5.06. The fraction of sp³-hybridized carbons (Fsp3) is 0.818. The van der Waals surface area contributed by atoms with Crippen molar-refractivity contribution in [1.82, 2.24) is 0 Å². The molecule has 0 aromatic heterocycles. The van der Waals surface area contributed by atoms with Crippen LogP contribution >= 0.6 is 0 Å². The smallest absolute Gasteiger partial charge is 0.0673 e. The summed E-state index contributed by atoms with van der Waals surface area (Å²) in [5.41, 5.74) is -0.443. The molecule has 1 N–H and O–H groups in total. The minimum atomic E-state index is -0.485. The summed E-state index contributed by atoms with van der Waals surface area (Å²) >= 11 is 0. The minimum absolute atomic E-state index is 0.0428. The normalized spacial score (nSPS) is 39.8. The Morgan fingerprint density at radius 3 is 2.42 bits per heavy atom. The summed E-state index contributed by atoms with van der Waals surface area (Å²) in [4.78, 5) is 0. The van der Waals surface area contributed by atoms with Crippen LogP contribution in [0.25, 0.3) is 0 Å². The van der Waals surface area contributed by atoms with Crippen molar-refractivity contribution in [2.24, 2.45) is 11.3 Å². The lowest BCUT2D eigenvalue weighted by Crippen LogP contribution is -2.39. The number of hydrogen-bond acceptors (Lipinski definition) is 1. The standard InChI is InChI=1S/C11H20O/c1-5-6-9-7-8-11(4,12)10(9,2)3/h5,9,12H,1,6-8H2,2-4H3/t9-,11-/m1/s1. The van der Waals surface area contributed by atoms with E-state index in [9.17, 15) is 5.11 Å². The molecule has 0 radical (unpaired) electrons. The second-order valence-corrected chi connectivity index (χ2v) is 4.76. The van der Waals surface area contributed by atoms with Gasteiger partial charge in [0.15, 0.2) is 0 Å². The van der Waals surface area contributed by atoms with Crippen molar-refractivity contribution in [2.45, 2.75) is 45.6 Å². The van der Waals surface area contributed by atoms with Crippen molar-refractivity contribution >= 4 is 0 Å². The van der Waals surface area contributed by atoms with Gasteiger partial charge in [-0.25, -0.2) is 0 Å². The Bertz CT molecular complexity index is 179. The van der Waals surface area contributed by atoms with Crippen LogP contribution in [-0.2, 0) is 0 Å². The molecule has 0 bridgehead atoms. The Kier molecular flexibility index (Phi) is 2.35. The highest BCUT2D eigenvalue weighted by molar-refractivity contribution is 5.02. The van der Waals surface area contributed by atoms with E-state index >= 15 is 0 Å². The molecule has 70 valence electrons. The molecule has 1 aliphatic carbocycles. The molecule has 1 nitrogen and oxygen atoms in total. The monoisotopic (exact) mass is 168 g/mol. The van der Waals surface area contributed by atoms with Gasteiger partial charge in [-0.1, -0.05) is 19.9 Å². The number of allylic oxidation sites excluding steroid dienone is 1. The van der Waals surface area contributed by atoms with E-state index in [1.807, 2.05) is 13.0 Å². The van der Waals surface area contributed by atoms with Gasteiger partial charge in [-0.3, -0.25) is 0 Å². The zero-order valence-electron chi connectivity index (χ0n) is 8.43. The Labute approximate surface area is 75.5 Å². The molecule has 1 saturated carbocycles. The largest absolute Gasteiger partial charge is 0.390 e. The summed E-state index contributed by atoms with van der Waals surface area (Å²) in [5.74, 6) is 0.602. The van der Waals surface area contributed by atoms with Crippen LogP contribution < -0.4 is 0 Å². The van der Waals surface area contributed by atoms with E-state index in [4.69, 9.17) is 0 Å². The van der Waals surface area contributed by atoms with E-state index in [1.54, 1.807) is 0 Å². The van der Waals surface area contributed by atoms with Gasteiger partial charge in [0.2, 0.25) is 0 Å². The lowest BCUT2D eigenvalue weighted by molar-refractivity contribution is -0.0418. The predicted molar refractivity (Wildman–Crippen MR) is 51.9 cm³/mol. The molecule has 1 fully saturated rings. The lowest BCUT2D eigenvalue weighted by atomic mass is 9.72. The minimum Gasteiger partial charge on any atom is -0.390 e. The quantitative estimate of drug-likeness (QED) is 0.629. The van der Waals surface area contributed by atoms with Crippen molar-refractivity contribution in [3.8, 4) is 0 Å². The summed E-state index contributed by atoms with van der Waals surface area (Å²) in [5, 5.41) is 10.1. The maximum absolute atomic E-state index is 10.1. The maximum Gasteiger partial charge on any atom is 0.0673 e. The third-order valence-corrected chi connectivity index (χ3v) is 3.84. The molecule has 0 aliphatic heterocycles. The zero-order valence-corrected chi connectivity index (χ0v) is 8.43. The topological polar surface area (TPSA) is 20.2 Å². The summed E-state index contributed by atoms with van der Waals surface area (Å²) < 4.78 is 0. The van der Waals surface area contributed by atoms with Gasteiger partial charge >= 0.3 is 0 Å². The van der Waals surface area contributed by atoms with E-state index < -0.39 is 5.60 Å². The summed E-state index contributed by atoms with van der Waals surface area (Å²) in [6, 6.07) is 0. The molecule has 0 saturated heterocycles. The predicted octanol–water partition coefficient (Wildman–Crippen LogP) is 2.75. The second kappa shape index (κ2) is 2.88. The first-order valence-electron chi connectivity index (χ1n) is 4.75. The molecule has 0 spiro atoms. The first-order chi connectivity index (χ1) is 5.42. The molecule has 12 heavy (non-hydrogen) atoms. The third-order valence-electron chi connectivity index (χ3n) is 3.84. The van der Waals surface area contributed by atoms with Crippen LogP contribution in [-0.4, -0.2) is 10.7 Å². The fourth-order valence-electron chi connectivity index (χ4n) is 2.19. The average Bonchev–Trinajstić information content (AvgIpc) is 2.13. The van der Waals surface area contributed by atoms with E-state index in [0.717, 1.165) is 19.3 Å². The molecule has 0 unspecified atom stereocenters. The van der Waals surface area contributed by atoms with E-state index in [2.05, 4.69) is 20.4 Å². The van der Waals surface area contributed by atoms with E-state index in [-0.39, 0.29) is 5.41 Å². The first kappa shape index (κ1) is 9.79. The van der Waals surface area contributed by atoms with Crippen molar-refractivity contribution in [3.63, 3.8) is 0 Å². The Morgan fingerprint density at radius 1 is 1.50 bits per heavy atom. The van der Waals surface area contributed by atoms with Crippen LogP contribution in [0.4, 0.5) is 0 Å². The summed E-state index contributed by atoms with van der Waals surface area (Å²) in [7, 11) is 0. The molecule has 0 amide bonds. The van der Waals surface area contributed by atoms with Crippen molar-refractivity contribution in [2.75, 3.05) is 0 Å². The summed E-state index contributed by atoms with van der Waals surface area (Å²) in [6.45, 7) is 10.0. The van der Waals surface area contributed by atoms with Crippen molar-refractivity contribution in [3.05, 3.63) is 12.7 Å². The van der Waals surface area contributed by atoms with Gasteiger partial charge in [0.25, 0.3) is 0 Å². The Hall–Kier alpha value is -0.300. The number of rotatable bonds is 2. The zero-order chi connectivity index (χ0) is 9.41. The van der Waals surface area contributed by atoms with Gasteiger partial charge in [0.05, 0.1) is 5.60 Å². The van der Waals surface area contributed by atoms with Gasteiger partial charge in [-0.15, -0.1) is 6.58 Å². The second-order valence-electron chi connectivity index (χ2n) is 4.76. The molecule has 1 heteroatoms. The molecule has 1 aliphatic rings. The Morgan fingerprint density at radius 2 is 2.08 bits per heavy atom. The van der Waals surface area contributed by atoms with Gasteiger partial charge in [0, 0.05) is 0 Å². The highest BCUT2D eigenvalue weighted by Gasteiger charge is 2.49.